The molecule has 1 N–H and O–H groups in total. The van der Waals surface area contributed by atoms with Crippen LogP contribution in [0.25, 0.3) is 22.4 Å². The van der Waals surface area contributed by atoms with E-state index < -0.39 is 0 Å². The van der Waals surface area contributed by atoms with Crippen LogP contribution in [-0.4, -0.2) is 34.0 Å². The van der Waals surface area contributed by atoms with E-state index in [0.717, 1.165) is 48.5 Å². The summed E-state index contributed by atoms with van der Waals surface area (Å²) in [7, 11) is 0. The summed E-state index contributed by atoms with van der Waals surface area (Å²) in [5.41, 5.74) is 3.76. The number of aldehydes is 1. The molecule has 0 radical (unpaired) electrons. The Morgan fingerprint density at radius 3 is 2.88 bits per heavy atom. The highest BCUT2D eigenvalue weighted by Gasteiger charge is 2.22. The molecule has 6 nitrogen and oxygen atoms in total. The van der Waals surface area contributed by atoms with Gasteiger partial charge in [-0.3, -0.25) is 9.59 Å². The number of ether oxygens (including phenoxy) is 1. The highest BCUT2D eigenvalue weighted by Crippen LogP contribution is 2.27. The number of fused-ring (bicyclic) bond motifs is 1. The van der Waals surface area contributed by atoms with Gasteiger partial charge in [-0.15, -0.1) is 0 Å². The Kier molecular flexibility index (Phi) is 3.54. The number of aromatic nitrogens is 3. The highest BCUT2D eigenvalue weighted by molar-refractivity contribution is 5.87. The topological polar surface area (TPSA) is 77.0 Å². The zero-order valence-electron chi connectivity index (χ0n) is 13.3. The van der Waals surface area contributed by atoms with Gasteiger partial charge in [0.1, 0.15) is 12.1 Å². The summed E-state index contributed by atoms with van der Waals surface area (Å²) in [6.07, 6.45) is 2.51. The van der Waals surface area contributed by atoms with E-state index in [0.29, 0.717) is 17.0 Å². The van der Waals surface area contributed by atoms with Crippen LogP contribution < -0.4 is 5.56 Å². The second kappa shape index (κ2) is 5.72. The summed E-state index contributed by atoms with van der Waals surface area (Å²) in [6.45, 7) is 4.07. The van der Waals surface area contributed by atoms with Crippen molar-refractivity contribution in [1.29, 1.82) is 0 Å². The van der Waals surface area contributed by atoms with Crippen LogP contribution in [0.1, 0.15) is 15.9 Å². The molecule has 0 spiro atoms. The van der Waals surface area contributed by atoms with Crippen molar-refractivity contribution in [1.82, 2.24) is 14.5 Å². The molecule has 0 unspecified atom stereocenters. The molecule has 122 valence electrons. The van der Waals surface area contributed by atoms with Crippen LogP contribution in [0.3, 0.4) is 0 Å². The summed E-state index contributed by atoms with van der Waals surface area (Å²) in [4.78, 5) is 30.1. The Bertz CT molecular complexity index is 983. The third-order valence-electron chi connectivity index (χ3n) is 4.40. The average Bonchev–Trinajstić information content (AvgIpc) is 2.91. The molecule has 1 aliphatic heterocycles. The fraction of sp³-hybridized carbons (Fsp3) is 0.278. The van der Waals surface area contributed by atoms with E-state index in [9.17, 15) is 9.59 Å². The van der Waals surface area contributed by atoms with E-state index in [1.165, 1.54) is 0 Å². The molecule has 1 fully saturated rings. The lowest BCUT2D eigenvalue weighted by molar-refractivity contribution is -0.0387. The number of H-pyrrole nitrogens is 1. The van der Waals surface area contributed by atoms with Crippen LogP contribution in [0.5, 0.6) is 0 Å². The second-order valence-corrected chi connectivity index (χ2v) is 6.22. The number of hydrogen-bond donors (Lipinski definition) is 1. The fourth-order valence-electron chi connectivity index (χ4n) is 3.00. The minimum atomic E-state index is -0.1000. The van der Waals surface area contributed by atoms with Crippen molar-refractivity contribution in [3.63, 3.8) is 0 Å². The molecule has 3 heterocycles. The van der Waals surface area contributed by atoms with E-state index in [2.05, 4.69) is 9.55 Å². The molecule has 1 aliphatic rings. The molecule has 2 aromatic heterocycles. The third-order valence-corrected chi connectivity index (χ3v) is 4.40. The van der Waals surface area contributed by atoms with Crippen molar-refractivity contribution in [3.8, 4) is 11.4 Å². The number of imidazole rings is 1. The van der Waals surface area contributed by atoms with Gasteiger partial charge in [-0.2, -0.15) is 0 Å². The fourth-order valence-corrected chi connectivity index (χ4v) is 3.00. The molecular weight excluding hydrogens is 306 g/mol. The van der Waals surface area contributed by atoms with E-state index in [1.54, 1.807) is 25.3 Å². The van der Waals surface area contributed by atoms with Gasteiger partial charge in [-0.25, -0.2) is 4.98 Å². The summed E-state index contributed by atoms with van der Waals surface area (Å²) in [5, 5.41) is 0. The maximum Gasteiger partial charge on any atom is 0.250 e. The molecule has 6 heteroatoms. The van der Waals surface area contributed by atoms with E-state index >= 15 is 0 Å². The minimum Gasteiger partial charge on any atom is -0.381 e. The zero-order chi connectivity index (χ0) is 16.7. The quantitative estimate of drug-likeness (QED) is 0.746. The number of nitrogens with zero attached hydrogens (tertiary/aromatic N) is 2. The molecule has 1 saturated heterocycles. The molecule has 4 rings (SSSR count). The maximum atomic E-state index is 11.6. The number of nitrogens with one attached hydrogen (secondary N) is 1. The number of aromatic amines is 1. The van der Waals surface area contributed by atoms with Crippen LogP contribution in [0.4, 0.5) is 0 Å². The standard InChI is InChI=1S/C18H17N3O3/c1-11-4-14(6-19-18(11)23)17-20-15-5-12(8-22)2-3-16(15)21(17)7-13-9-24-10-13/h2-6,8,13H,7,9-10H2,1H3,(H,19,23). The first kappa shape index (κ1) is 14.8. The SMILES string of the molecule is Cc1cc(-c2nc3cc(C=O)ccc3n2CC2COC2)c[nH]c1=O. The maximum absolute atomic E-state index is 11.6. The molecule has 3 aromatic rings. The van der Waals surface area contributed by atoms with Crippen molar-refractivity contribution in [3.05, 3.63) is 51.9 Å². The Hall–Kier alpha value is -2.73. The van der Waals surface area contributed by atoms with Gasteiger partial charge in [0.25, 0.3) is 5.56 Å². The zero-order valence-corrected chi connectivity index (χ0v) is 13.3. The average molecular weight is 323 g/mol. The van der Waals surface area contributed by atoms with Crippen molar-refractivity contribution < 1.29 is 9.53 Å². The first-order valence-electron chi connectivity index (χ1n) is 7.88. The lowest BCUT2D eigenvalue weighted by Crippen LogP contribution is -2.31. The number of rotatable bonds is 4. The van der Waals surface area contributed by atoms with Crippen LogP contribution in [0.15, 0.2) is 35.3 Å². The summed E-state index contributed by atoms with van der Waals surface area (Å²) in [6, 6.07) is 7.35. The molecule has 0 atom stereocenters. The van der Waals surface area contributed by atoms with Crippen molar-refractivity contribution in [2.24, 2.45) is 5.92 Å². The van der Waals surface area contributed by atoms with Gasteiger partial charge in [0.2, 0.25) is 0 Å². The van der Waals surface area contributed by atoms with Gasteiger partial charge >= 0.3 is 0 Å². The molecule has 0 aliphatic carbocycles. The molecule has 24 heavy (non-hydrogen) atoms. The second-order valence-electron chi connectivity index (χ2n) is 6.22. The first-order valence-corrected chi connectivity index (χ1v) is 7.88. The predicted molar refractivity (Wildman–Crippen MR) is 90.2 cm³/mol. The summed E-state index contributed by atoms with van der Waals surface area (Å²) in [5.74, 6) is 1.25. The monoisotopic (exact) mass is 323 g/mol. The van der Waals surface area contributed by atoms with E-state index in [-0.39, 0.29) is 5.56 Å². The Labute approximate surface area is 138 Å². The number of benzene rings is 1. The third kappa shape index (κ3) is 2.45. The van der Waals surface area contributed by atoms with Crippen LogP contribution in [0.2, 0.25) is 0 Å². The molecule has 0 bridgehead atoms. The molecule has 0 saturated carbocycles. The largest absolute Gasteiger partial charge is 0.381 e. The summed E-state index contributed by atoms with van der Waals surface area (Å²) >= 11 is 0. The lowest BCUT2D eigenvalue weighted by Gasteiger charge is -2.27. The van der Waals surface area contributed by atoms with Gasteiger partial charge in [0, 0.05) is 35.3 Å². The molecular formula is C18H17N3O3. The van der Waals surface area contributed by atoms with Gasteiger partial charge in [-0.1, -0.05) is 0 Å². The number of aryl methyl sites for hydroxylation is 1. The number of hydrogen-bond acceptors (Lipinski definition) is 4. The van der Waals surface area contributed by atoms with Crippen molar-refractivity contribution in [2.75, 3.05) is 13.2 Å². The van der Waals surface area contributed by atoms with Crippen molar-refractivity contribution in [2.45, 2.75) is 13.5 Å². The van der Waals surface area contributed by atoms with E-state index in [4.69, 9.17) is 9.72 Å². The summed E-state index contributed by atoms with van der Waals surface area (Å²) < 4.78 is 7.43. The molecule has 1 aromatic carbocycles. The van der Waals surface area contributed by atoms with Gasteiger partial charge in [-0.05, 0) is 31.2 Å². The minimum absolute atomic E-state index is 0.1000. The first-order chi connectivity index (χ1) is 11.7. The smallest absolute Gasteiger partial charge is 0.250 e. The Morgan fingerprint density at radius 2 is 2.21 bits per heavy atom. The molecule has 0 amide bonds. The number of carbonyl (C=O) groups is 1. The van der Waals surface area contributed by atoms with Crippen molar-refractivity contribution >= 4 is 17.3 Å². The predicted octanol–water partition coefficient (Wildman–Crippen LogP) is 2.16. The van der Waals surface area contributed by atoms with Crippen LogP contribution in [0, 0.1) is 12.8 Å². The number of pyridine rings is 1. The van der Waals surface area contributed by atoms with Crippen LogP contribution >= 0.6 is 0 Å². The van der Waals surface area contributed by atoms with Gasteiger partial charge < -0.3 is 14.3 Å². The highest BCUT2D eigenvalue weighted by atomic mass is 16.5. The van der Waals surface area contributed by atoms with Gasteiger partial charge in [0.05, 0.1) is 24.2 Å². The van der Waals surface area contributed by atoms with Gasteiger partial charge in [0.15, 0.2) is 0 Å². The Morgan fingerprint density at radius 1 is 1.38 bits per heavy atom. The lowest BCUT2D eigenvalue weighted by atomic mass is 10.1. The normalized spacial score (nSPS) is 14.7. The van der Waals surface area contributed by atoms with E-state index in [1.807, 2.05) is 12.1 Å². The van der Waals surface area contributed by atoms with Crippen LogP contribution in [-0.2, 0) is 11.3 Å². The Balaban J connectivity index is 1.90. The number of carbonyl (C=O) groups excluding carboxylic acids is 1.